The van der Waals surface area contributed by atoms with Crippen LogP contribution in [0.5, 0.6) is 0 Å². The van der Waals surface area contributed by atoms with Crippen molar-refractivity contribution < 1.29 is 19.8 Å². The van der Waals surface area contributed by atoms with Gasteiger partial charge in [0.25, 0.3) is 0 Å². The number of hydrogen-bond acceptors (Lipinski definition) is 3. The Labute approximate surface area is 208 Å². The Morgan fingerprint density at radius 3 is 2.03 bits per heavy atom. The van der Waals surface area contributed by atoms with E-state index in [1.807, 2.05) is 0 Å². The molecule has 4 heteroatoms. The SMILES string of the molecule is CC(C)(C)C(=O)O.CC1(C)CC[C@]2(C)C(=CC(=O)[C@@H]3[C@@]4(C)CC[C@H](O)C(C)(C)[C@@H]4CC[C@]32C)C1. The van der Waals surface area contributed by atoms with E-state index in [1.54, 1.807) is 20.8 Å². The van der Waals surface area contributed by atoms with Crippen LogP contribution in [0.4, 0.5) is 0 Å². The molecule has 3 fully saturated rings. The van der Waals surface area contributed by atoms with Gasteiger partial charge >= 0.3 is 5.97 Å². The fourth-order valence-corrected chi connectivity index (χ4v) is 8.34. The summed E-state index contributed by atoms with van der Waals surface area (Å²) in [5.74, 6) is 0.161. The maximum absolute atomic E-state index is 13.7. The summed E-state index contributed by atoms with van der Waals surface area (Å²) in [4.78, 5) is 23.7. The van der Waals surface area contributed by atoms with Crippen LogP contribution in [0.3, 0.4) is 0 Å². The summed E-state index contributed by atoms with van der Waals surface area (Å²) in [6, 6.07) is 0. The summed E-state index contributed by atoms with van der Waals surface area (Å²) < 4.78 is 0. The lowest BCUT2D eigenvalue weighted by molar-refractivity contribution is -0.198. The van der Waals surface area contributed by atoms with Gasteiger partial charge in [-0.15, -0.1) is 0 Å². The van der Waals surface area contributed by atoms with Crippen LogP contribution in [0.1, 0.15) is 114 Å². The van der Waals surface area contributed by atoms with Gasteiger partial charge in [0.1, 0.15) is 0 Å². The first kappa shape index (κ1) is 27.4. The minimum absolute atomic E-state index is 0.00478. The van der Waals surface area contributed by atoms with Gasteiger partial charge in [-0.1, -0.05) is 54.0 Å². The molecule has 0 radical (unpaired) electrons. The highest BCUT2D eigenvalue weighted by Gasteiger charge is 2.68. The number of carbonyl (C=O) groups is 2. The van der Waals surface area contributed by atoms with Gasteiger partial charge in [0.05, 0.1) is 11.5 Å². The monoisotopic (exact) mass is 474 g/mol. The van der Waals surface area contributed by atoms with Gasteiger partial charge in [0.15, 0.2) is 5.78 Å². The lowest BCUT2D eigenvalue weighted by Crippen LogP contribution is -2.65. The molecule has 0 heterocycles. The Hall–Kier alpha value is -1.16. The molecule has 4 aliphatic carbocycles. The molecule has 0 saturated heterocycles. The number of carboxylic acid groups (broad SMARTS) is 1. The highest BCUT2D eigenvalue weighted by molar-refractivity contribution is 5.95. The number of rotatable bonds is 0. The van der Waals surface area contributed by atoms with E-state index < -0.39 is 11.4 Å². The van der Waals surface area contributed by atoms with E-state index in [-0.39, 0.29) is 33.7 Å². The van der Waals surface area contributed by atoms with Crippen molar-refractivity contribution in [2.75, 3.05) is 0 Å². The smallest absolute Gasteiger partial charge is 0.308 e. The average molecular weight is 475 g/mol. The van der Waals surface area contributed by atoms with Crippen molar-refractivity contribution in [2.24, 2.45) is 44.3 Å². The Bertz CT molecular complexity index is 875. The molecule has 0 unspecified atom stereocenters. The predicted octanol–water partition coefficient (Wildman–Crippen LogP) is 7.05. The molecule has 0 aromatic rings. The molecule has 194 valence electrons. The first-order valence-corrected chi connectivity index (χ1v) is 13.4. The van der Waals surface area contributed by atoms with E-state index in [0.717, 1.165) is 32.1 Å². The van der Waals surface area contributed by atoms with E-state index in [2.05, 4.69) is 54.5 Å². The number of hydrogen-bond donors (Lipinski definition) is 2. The highest BCUT2D eigenvalue weighted by atomic mass is 16.4. The van der Waals surface area contributed by atoms with Gasteiger partial charge in [-0.2, -0.15) is 0 Å². The zero-order valence-electron chi connectivity index (χ0n) is 23.5. The first-order chi connectivity index (χ1) is 15.2. The van der Waals surface area contributed by atoms with Crippen LogP contribution in [-0.4, -0.2) is 28.1 Å². The Morgan fingerprint density at radius 1 is 0.941 bits per heavy atom. The summed E-state index contributed by atoms with van der Waals surface area (Å²) in [6.45, 7) is 21.5. The minimum Gasteiger partial charge on any atom is -0.481 e. The molecule has 34 heavy (non-hydrogen) atoms. The van der Waals surface area contributed by atoms with Crippen LogP contribution in [-0.2, 0) is 9.59 Å². The van der Waals surface area contributed by atoms with E-state index in [1.165, 1.54) is 18.4 Å². The Balaban J connectivity index is 0.000000406. The second kappa shape index (κ2) is 8.18. The fourth-order valence-electron chi connectivity index (χ4n) is 8.34. The molecule has 0 bridgehead atoms. The molecular formula is C30H50O4. The molecule has 0 spiro atoms. The summed E-state index contributed by atoms with van der Waals surface area (Å²) in [7, 11) is 0. The molecule has 4 rings (SSSR count). The molecule has 3 saturated carbocycles. The lowest BCUT2D eigenvalue weighted by Gasteiger charge is -2.69. The maximum atomic E-state index is 13.7. The summed E-state index contributed by atoms with van der Waals surface area (Å²) >= 11 is 0. The van der Waals surface area contributed by atoms with Crippen molar-refractivity contribution in [3.05, 3.63) is 11.6 Å². The summed E-state index contributed by atoms with van der Waals surface area (Å²) in [6.07, 6.45) is 9.46. The van der Waals surface area contributed by atoms with Crippen molar-refractivity contribution in [1.29, 1.82) is 0 Å². The second-order valence-corrected chi connectivity index (χ2v) is 15.1. The van der Waals surface area contributed by atoms with Crippen molar-refractivity contribution in [3.8, 4) is 0 Å². The van der Waals surface area contributed by atoms with Gasteiger partial charge in [-0.3, -0.25) is 9.59 Å². The fraction of sp³-hybridized carbons (Fsp3) is 0.867. The lowest BCUT2D eigenvalue weighted by atomic mass is 9.35. The number of fused-ring (bicyclic) bond motifs is 5. The molecule has 6 atom stereocenters. The third-order valence-electron chi connectivity index (χ3n) is 10.9. The van der Waals surface area contributed by atoms with E-state index in [4.69, 9.17) is 5.11 Å². The second-order valence-electron chi connectivity index (χ2n) is 15.1. The van der Waals surface area contributed by atoms with E-state index >= 15 is 0 Å². The number of aliphatic carboxylic acids is 1. The Morgan fingerprint density at radius 2 is 1.50 bits per heavy atom. The standard InChI is InChI=1S/C25H40O2.C5H10O2/c1-21(2)12-13-24(6)16(15-21)14-17(26)20-23(5)10-9-19(27)22(3,4)18(23)8-11-25(20,24)7;1-5(2,3)4(6)7/h14,18-20,27H,8-13,15H2,1-7H3;1-3H3,(H,6,7)/t18-,19-,20+,23-,24+,25+;/m0./s1. The van der Waals surface area contributed by atoms with Crippen molar-refractivity contribution in [2.45, 2.75) is 120 Å². The zero-order valence-corrected chi connectivity index (χ0v) is 23.5. The maximum Gasteiger partial charge on any atom is 0.308 e. The van der Waals surface area contributed by atoms with Gasteiger partial charge in [0.2, 0.25) is 0 Å². The quantitative estimate of drug-likeness (QED) is 0.394. The minimum atomic E-state index is -0.757. The van der Waals surface area contributed by atoms with Crippen LogP contribution in [0, 0.1) is 44.3 Å². The van der Waals surface area contributed by atoms with Crippen LogP contribution in [0.25, 0.3) is 0 Å². The molecule has 2 N–H and O–H groups in total. The molecular weight excluding hydrogens is 424 g/mol. The number of aliphatic hydroxyl groups excluding tert-OH is 1. The highest BCUT2D eigenvalue weighted by Crippen LogP contribution is 2.72. The molecule has 0 aromatic heterocycles. The molecule has 0 amide bonds. The van der Waals surface area contributed by atoms with Crippen molar-refractivity contribution in [3.63, 3.8) is 0 Å². The normalized spacial score (nSPS) is 42.7. The van der Waals surface area contributed by atoms with Gasteiger partial charge in [0, 0.05) is 5.92 Å². The number of aliphatic hydroxyl groups is 1. The summed E-state index contributed by atoms with van der Waals surface area (Å²) in [5.41, 5.74) is 1.26. The third kappa shape index (κ3) is 4.10. The Kier molecular flexibility index (Phi) is 6.60. The number of ketones is 1. The molecule has 0 aromatic carbocycles. The molecule has 4 nitrogen and oxygen atoms in total. The van der Waals surface area contributed by atoms with Gasteiger partial charge in [-0.05, 0) is 105 Å². The molecule has 0 aliphatic heterocycles. The van der Waals surface area contributed by atoms with Crippen LogP contribution >= 0.6 is 0 Å². The van der Waals surface area contributed by atoms with Crippen molar-refractivity contribution in [1.82, 2.24) is 0 Å². The molecule has 4 aliphatic rings. The topological polar surface area (TPSA) is 74.6 Å². The average Bonchev–Trinajstić information content (AvgIpc) is 2.66. The van der Waals surface area contributed by atoms with Gasteiger partial charge in [-0.25, -0.2) is 0 Å². The first-order valence-electron chi connectivity index (χ1n) is 13.4. The van der Waals surface area contributed by atoms with Crippen LogP contribution < -0.4 is 0 Å². The largest absolute Gasteiger partial charge is 0.481 e. The number of allylic oxidation sites excluding steroid dienone is 2. The zero-order chi connectivity index (χ0) is 26.1. The predicted molar refractivity (Wildman–Crippen MR) is 137 cm³/mol. The summed E-state index contributed by atoms with van der Waals surface area (Å²) in [5, 5.41) is 19.0. The van der Waals surface area contributed by atoms with Gasteiger partial charge < -0.3 is 10.2 Å². The van der Waals surface area contributed by atoms with Crippen LogP contribution in [0.2, 0.25) is 0 Å². The number of carboxylic acids is 1. The van der Waals surface area contributed by atoms with E-state index in [9.17, 15) is 14.7 Å². The third-order valence-corrected chi connectivity index (χ3v) is 10.9. The number of carbonyl (C=O) groups excluding carboxylic acids is 1. The van der Waals surface area contributed by atoms with E-state index in [0.29, 0.717) is 17.1 Å². The van der Waals surface area contributed by atoms with Crippen molar-refractivity contribution >= 4 is 11.8 Å². The van der Waals surface area contributed by atoms with Crippen LogP contribution in [0.15, 0.2) is 11.6 Å².